The molecule has 0 spiro atoms. The maximum atomic E-state index is 13.7. The Bertz CT molecular complexity index is 1410. The molecule has 1 N–H and O–H groups in total. The number of nitrogens with one attached hydrogen (secondary N) is 1. The molecule has 1 fully saturated rings. The van der Waals surface area contributed by atoms with Crippen LogP contribution in [0.25, 0.3) is 33.4 Å². The van der Waals surface area contributed by atoms with Crippen molar-refractivity contribution in [2.45, 2.75) is 13.1 Å². The zero-order chi connectivity index (χ0) is 23.9. The molecule has 5 rings (SSSR count). The highest BCUT2D eigenvalue weighted by molar-refractivity contribution is 5.87. The molecule has 34 heavy (non-hydrogen) atoms. The molecule has 1 aliphatic rings. The second-order valence-corrected chi connectivity index (χ2v) is 8.28. The molecule has 1 saturated heterocycles. The van der Waals surface area contributed by atoms with Gasteiger partial charge in [-0.2, -0.15) is 13.2 Å². The summed E-state index contributed by atoms with van der Waals surface area (Å²) in [5.41, 5.74) is 2.26. The second-order valence-electron chi connectivity index (χ2n) is 8.28. The molecule has 8 heteroatoms. The van der Waals surface area contributed by atoms with Crippen molar-refractivity contribution in [2.75, 3.05) is 31.2 Å². The summed E-state index contributed by atoms with van der Waals surface area (Å²) >= 11 is 0. The number of nitrogens with zero attached hydrogens (tertiary/aromatic N) is 2. The van der Waals surface area contributed by atoms with E-state index in [1.54, 1.807) is 42.5 Å². The van der Waals surface area contributed by atoms with Crippen LogP contribution in [0.1, 0.15) is 11.1 Å². The average molecular weight is 465 g/mol. The first kappa shape index (κ1) is 22.2. The topological polar surface area (TPSA) is 58.2 Å². The Labute approximate surface area is 193 Å². The van der Waals surface area contributed by atoms with Gasteiger partial charge in [0.25, 0.3) is 5.56 Å². The number of aryl methyl sites for hydroxylation is 1. The van der Waals surface area contributed by atoms with E-state index < -0.39 is 17.3 Å². The molecule has 1 aromatic heterocycles. The van der Waals surface area contributed by atoms with E-state index in [4.69, 9.17) is 4.74 Å². The van der Waals surface area contributed by atoms with Crippen LogP contribution in [0.2, 0.25) is 0 Å². The summed E-state index contributed by atoms with van der Waals surface area (Å²) in [6.45, 7) is 4.54. The van der Waals surface area contributed by atoms with Gasteiger partial charge in [-0.25, -0.2) is 4.98 Å². The third kappa shape index (κ3) is 4.17. The summed E-state index contributed by atoms with van der Waals surface area (Å²) in [5, 5.41) is 0.397. The van der Waals surface area contributed by atoms with E-state index in [0.29, 0.717) is 35.2 Å². The fraction of sp³-hybridized carbons (Fsp3) is 0.231. The first-order valence-electron chi connectivity index (χ1n) is 11.0. The molecule has 0 saturated carbocycles. The first-order chi connectivity index (χ1) is 16.3. The Morgan fingerprint density at radius 1 is 0.941 bits per heavy atom. The van der Waals surface area contributed by atoms with Crippen molar-refractivity contribution >= 4 is 16.6 Å². The number of anilines is 1. The zero-order valence-electron chi connectivity index (χ0n) is 18.4. The monoisotopic (exact) mass is 465 g/mol. The minimum absolute atomic E-state index is 0.100. The minimum Gasteiger partial charge on any atom is -0.378 e. The smallest absolute Gasteiger partial charge is 0.378 e. The van der Waals surface area contributed by atoms with Gasteiger partial charge in [0.1, 0.15) is 5.82 Å². The van der Waals surface area contributed by atoms with Crippen molar-refractivity contribution in [1.82, 2.24) is 9.97 Å². The number of hydrogen-bond acceptors (Lipinski definition) is 4. The van der Waals surface area contributed by atoms with Gasteiger partial charge in [-0.15, -0.1) is 0 Å². The van der Waals surface area contributed by atoms with Gasteiger partial charge in [0.2, 0.25) is 0 Å². The number of ether oxygens (including phenoxy) is 1. The van der Waals surface area contributed by atoms with Gasteiger partial charge in [0, 0.05) is 24.3 Å². The maximum Gasteiger partial charge on any atom is 0.416 e. The molecule has 3 aromatic carbocycles. The van der Waals surface area contributed by atoms with Crippen molar-refractivity contribution < 1.29 is 17.9 Å². The molecule has 0 aliphatic carbocycles. The van der Waals surface area contributed by atoms with E-state index in [9.17, 15) is 18.0 Å². The van der Waals surface area contributed by atoms with Crippen molar-refractivity contribution in [1.29, 1.82) is 0 Å². The van der Waals surface area contributed by atoms with Crippen molar-refractivity contribution in [3.8, 4) is 22.5 Å². The summed E-state index contributed by atoms with van der Waals surface area (Å²) in [6.07, 6.45) is -4.55. The van der Waals surface area contributed by atoms with Gasteiger partial charge < -0.3 is 14.6 Å². The molecule has 4 aromatic rings. The van der Waals surface area contributed by atoms with Crippen LogP contribution in [-0.4, -0.2) is 36.3 Å². The van der Waals surface area contributed by atoms with Crippen LogP contribution in [0.15, 0.2) is 65.5 Å². The van der Waals surface area contributed by atoms with E-state index in [2.05, 4.69) is 14.9 Å². The molecule has 5 nitrogen and oxygen atoms in total. The Balaban J connectivity index is 1.69. The lowest BCUT2D eigenvalue weighted by atomic mass is 9.99. The summed E-state index contributed by atoms with van der Waals surface area (Å²) in [4.78, 5) is 22.4. The Kier molecular flexibility index (Phi) is 5.61. The summed E-state index contributed by atoms with van der Waals surface area (Å²) in [7, 11) is 0. The summed E-state index contributed by atoms with van der Waals surface area (Å²) in [6, 6.07) is 16.2. The van der Waals surface area contributed by atoms with Gasteiger partial charge in [-0.1, -0.05) is 30.3 Å². The van der Waals surface area contributed by atoms with Gasteiger partial charge in [0.15, 0.2) is 0 Å². The number of morpholine rings is 1. The molecule has 0 amide bonds. The van der Waals surface area contributed by atoms with Crippen LogP contribution >= 0.6 is 0 Å². The fourth-order valence-corrected chi connectivity index (χ4v) is 4.34. The Morgan fingerprint density at radius 2 is 1.65 bits per heavy atom. The quantitative estimate of drug-likeness (QED) is 0.439. The summed E-state index contributed by atoms with van der Waals surface area (Å²) < 4.78 is 46.6. The highest BCUT2D eigenvalue weighted by atomic mass is 19.4. The van der Waals surface area contributed by atoms with Crippen LogP contribution in [0.4, 0.5) is 18.9 Å². The standard InChI is InChI=1S/C26H22F3N3O2/c1-16-22(32-9-11-34-12-10-32)8-7-21-23(16)30-24(31-25(21)33)19-13-18(17-5-3-2-4-6-17)14-20(15-19)26(27,28)29/h2-8,13-15H,9-12H2,1H3,(H,30,31,33). The first-order valence-corrected chi connectivity index (χ1v) is 11.0. The minimum atomic E-state index is -4.55. The molecule has 0 atom stereocenters. The molecule has 0 unspecified atom stereocenters. The number of halogens is 3. The van der Waals surface area contributed by atoms with Crippen molar-refractivity contribution in [3.63, 3.8) is 0 Å². The van der Waals surface area contributed by atoms with Crippen LogP contribution in [0, 0.1) is 6.92 Å². The summed E-state index contributed by atoms with van der Waals surface area (Å²) in [5.74, 6) is 0.100. The average Bonchev–Trinajstić information content (AvgIpc) is 2.85. The second kappa shape index (κ2) is 8.61. The lowest BCUT2D eigenvalue weighted by Crippen LogP contribution is -2.36. The molecule has 174 valence electrons. The number of alkyl halides is 3. The number of benzene rings is 3. The lowest BCUT2D eigenvalue weighted by molar-refractivity contribution is -0.137. The number of aromatic amines is 1. The SMILES string of the molecule is Cc1c(N2CCOCC2)ccc2c(=O)[nH]c(-c3cc(-c4ccccc4)cc(C(F)(F)F)c3)nc12. The normalized spacial score (nSPS) is 14.5. The zero-order valence-corrected chi connectivity index (χ0v) is 18.4. The van der Waals surface area contributed by atoms with E-state index in [1.165, 1.54) is 0 Å². The van der Waals surface area contributed by atoms with Crippen molar-refractivity contribution in [3.05, 3.63) is 82.1 Å². The highest BCUT2D eigenvalue weighted by Crippen LogP contribution is 2.36. The van der Waals surface area contributed by atoms with Crippen LogP contribution in [-0.2, 0) is 10.9 Å². The molecule has 0 radical (unpaired) electrons. The predicted molar refractivity (Wildman–Crippen MR) is 126 cm³/mol. The van der Waals surface area contributed by atoms with Crippen molar-refractivity contribution in [2.24, 2.45) is 0 Å². The molecule has 1 aliphatic heterocycles. The van der Waals surface area contributed by atoms with Crippen LogP contribution < -0.4 is 10.5 Å². The van der Waals surface area contributed by atoms with E-state index in [-0.39, 0.29) is 11.4 Å². The third-order valence-electron chi connectivity index (χ3n) is 6.10. The van der Waals surface area contributed by atoms with Gasteiger partial charge in [0.05, 0.1) is 29.7 Å². The number of hydrogen-bond donors (Lipinski definition) is 1. The molecular formula is C26H22F3N3O2. The van der Waals surface area contributed by atoms with Gasteiger partial charge in [-0.05, 0) is 53.9 Å². The Hall–Kier alpha value is -3.65. The maximum absolute atomic E-state index is 13.7. The number of rotatable bonds is 3. The largest absolute Gasteiger partial charge is 0.416 e. The number of aromatic nitrogens is 2. The lowest BCUT2D eigenvalue weighted by Gasteiger charge is -2.30. The van der Waals surface area contributed by atoms with E-state index >= 15 is 0 Å². The highest BCUT2D eigenvalue weighted by Gasteiger charge is 2.31. The van der Waals surface area contributed by atoms with E-state index in [1.807, 2.05) is 13.0 Å². The van der Waals surface area contributed by atoms with Gasteiger partial charge >= 0.3 is 6.18 Å². The molecular weight excluding hydrogens is 443 g/mol. The third-order valence-corrected chi connectivity index (χ3v) is 6.10. The molecule has 2 heterocycles. The van der Waals surface area contributed by atoms with Crippen LogP contribution in [0.3, 0.4) is 0 Å². The Morgan fingerprint density at radius 3 is 2.35 bits per heavy atom. The number of H-pyrrole nitrogens is 1. The fourth-order valence-electron chi connectivity index (χ4n) is 4.34. The molecule has 0 bridgehead atoms. The number of fused-ring (bicyclic) bond motifs is 1. The predicted octanol–water partition coefficient (Wildman–Crippen LogP) is 5.42. The van der Waals surface area contributed by atoms with Crippen LogP contribution in [0.5, 0.6) is 0 Å². The van der Waals surface area contributed by atoms with Gasteiger partial charge in [-0.3, -0.25) is 4.79 Å². The van der Waals surface area contributed by atoms with E-state index in [0.717, 1.165) is 36.5 Å².